The summed E-state index contributed by atoms with van der Waals surface area (Å²) in [4.78, 5) is 0. The fraction of sp³-hybridized carbons (Fsp3) is 0.412. The fourth-order valence-electron chi connectivity index (χ4n) is 2.73. The van der Waals surface area contributed by atoms with Gasteiger partial charge in [-0.15, -0.1) is 0 Å². The van der Waals surface area contributed by atoms with E-state index in [-0.39, 0.29) is 12.1 Å². The van der Waals surface area contributed by atoms with Crippen molar-refractivity contribution in [2.75, 3.05) is 6.61 Å². The molecule has 0 aromatic heterocycles. The number of halogens is 1. The quantitative estimate of drug-likeness (QED) is 0.823. The Morgan fingerprint density at radius 2 is 2.15 bits per heavy atom. The molecule has 0 aliphatic carbocycles. The van der Waals surface area contributed by atoms with Gasteiger partial charge in [-0.2, -0.15) is 0 Å². The molecule has 1 saturated heterocycles. The van der Waals surface area contributed by atoms with Gasteiger partial charge in [-0.3, -0.25) is 0 Å². The molecule has 1 unspecified atom stereocenters. The standard InChI is InChI=1S/C17H19FO2/c1-2-14-15-8-7-13(11-12(15)6-9-16(14)18)20-17-5-3-4-10-19-17/h6-9,11,17H,2-5,10H2,1H3. The number of aryl methyl sites for hydroxylation is 1. The number of fused-ring (bicyclic) bond motifs is 1. The average Bonchev–Trinajstić information content (AvgIpc) is 2.48. The first-order valence-corrected chi connectivity index (χ1v) is 7.27. The number of hydrogen-bond acceptors (Lipinski definition) is 2. The third kappa shape index (κ3) is 2.63. The molecule has 106 valence electrons. The predicted octanol–water partition coefficient (Wildman–Crippen LogP) is 4.45. The van der Waals surface area contributed by atoms with Crippen LogP contribution in [-0.4, -0.2) is 12.9 Å². The van der Waals surface area contributed by atoms with Crippen LogP contribution in [0.2, 0.25) is 0 Å². The van der Waals surface area contributed by atoms with Crippen LogP contribution in [0.25, 0.3) is 10.8 Å². The lowest BCUT2D eigenvalue weighted by Crippen LogP contribution is -2.24. The summed E-state index contributed by atoms with van der Waals surface area (Å²) in [6.45, 7) is 2.74. The zero-order valence-corrected chi connectivity index (χ0v) is 11.7. The van der Waals surface area contributed by atoms with Gasteiger partial charge in [-0.05, 0) is 53.8 Å². The number of ether oxygens (including phenoxy) is 2. The lowest BCUT2D eigenvalue weighted by molar-refractivity contribution is -0.105. The Morgan fingerprint density at radius 1 is 1.25 bits per heavy atom. The van der Waals surface area contributed by atoms with Crippen LogP contribution in [0.5, 0.6) is 5.75 Å². The molecule has 0 saturated carbocycles. The number of benzene rings is 2. The van der Waals surface area contributed by atoms with Crippen LogP contribution >= 0.6 is 0 Å². The van der Waals surface area contributed by atoms with E-state index in [9.17, 15) is 4.39 Å². The molecule has 0 N–H and O–H groups in total. The first-order chi connectivity index (χ1) is 9.78. The maximum Gasteiger partial charge on any atom is 0.199 e. The van der Waals surface area contributed by atoms with Gasteiger partial charge in [0.2, 0.25) is 0 Å². The molecule has 0 spiro atoms. The largest absolute Gasteiger partial charge is 0.465 e. The van der Waals surface area contributed by atoms with Gasteiger partial charge in [0, 0.05) is 6.42 Å². The van der Waals surface area contributed by atoms with E-state index in [0.29, 0.717) is 6.42 Å². The maximum absolute atomic E-state index is 13.7. The molecule has 1 aliphatic rings. The molecule has 2 aromatic carbocycles. The normalized spacial score (nSPS) is 19.2. The monoisotopic (exact) mass is 274 g/mol. The van der Waals surface area contributed by atoms with Crippen molar-refractivity contribution in [1.82, 2.24) is 0 Å². The Balaban J connectivity index is 1.89. The summed E-state index contributed by atoms with van der Waals surface area (Å²) < 4.78 is 25.2. The zero-order valence-electron chi connectivity index (χ0n) is 11.7. The number of rotatable bonds is 3. The molecule has 0 amide bonds. The molecule has 2 aromatic rings. The van der Waals surface area contributed by atoms with Gasteiger partial charge in [0.15, 0.2) is 6.29 Å². The van der Waals surface area contributed by atoms with Gasteiger partial charge in [-0.25, -0.2) is 4.39 Å². The molecular formula is C17H19FO2. The lowest BCUT2D eigenvalue weighted by atomic mass is 10.0. The van der Waals surface area contributed by atoms with Gasteiger partial charge in [-0.1, -0.05) is 19.1 Å². The van der Waals surface area contributed by atoms with E-state index in [1.54, 1.807) is 6.07 Å². The Morgan fingerprint density at radius 3 is 2.90 bits per heavy atom. The van der Waals surface area contributed by atoms with Gasteiger partial charge >= 0.3 is 0 Å². The molecule has 20 heavy (non-hydrogen) atoms. The minimum absolute atomic E-state index is 0.135. The third-order valence-corrected chi connectivity index (χ3v) is 3.80. The lowest BCUT2D eigenvalue weighted by Gasteiger charge is -2.23. The average molecular weight is 274 g/mol. The van der Waals surface area contributed by atoms with Gasteiger partial charge in [0.05, 0.1) is 6.61 Å². The van der Waals surface area contributed by atoms with E-state index < -0.39 is 0 Å². The van der Waals surface area contributed by atoms with Gasteiger partial charge in [0.1, 0.15) is 11.6 Å². The van der Waals surface area contributed by atoms with E-state index in [2.05, 4.69) is 0 Å². The van der Waals surface area contributed by atoms with Gasteiger partial charge < -0.3 is 9.47 Å². The van der Waals surface area contributed by atoms with E-state index in [0.717, 1.165) is 48.0 Å². The molecule has 1 atom stereocenters. The summed E-state index contributed by atoms with van der Waals surface area (Å²) >= 11 is 0. The van der Waals surface area contributed by atoms with Gasteiger partial charge in [0.25, 0.3) is 0 Å². The molecule has 0 radical (unpaired) electrons. The van der Waals surface area contributed by atoms with Crippen molar-refractivity contribution in [3.8, 4) is 5.75 Å². The van der Waals surface area contributed by atoms with Crippen LogP contribution < -0.4 is 4.74 Å². The van der Waals surface area contributed by atoms with Crippen molar-refractivity contribution in [3.05, 3.63) is 41.7 Å². The zero-order chi connectivity index (χ0) is 13.9. The van der Waals surface area contributed by atoms with E-state index in [4.69, 9.17) is 9.47 Å². The van der Waals surface area contributed by atoms with Crippen molar-refractivity contribution < 1.29 is 13.9 Å². The highest BCUT2D eigenvalue weighted by Crippen LogP contribution is 2.27. The summed E-state index contributed by atoms with van der Waals surface area (Å²) in [6, 6.07) is 9.14. The maximum atomic E-state index is 13.7. The summed E-state index contributed by atoms with van der Waals surface area (Å²) in [5.74, 6) is 0.655. The molecule has 1 aliphatic heterocycles. The van der Waals surface area contributed by atoms with Crippen molar-refractivity contribution >= 4 is 10.8 Å². The first-order valence-electron chi connectivity index (χ1n) is 7.27. The minimum atomic E-state index is -0.146. The van der Waals surface area contributed by atoms with Crippen LogP contribution in [0.3, 0.4) is 0 Å². The first kappa shape index (κ1) is 13.4. The molecule has 0 bridgehead atoms. The van der Waals surface area contributed by atoms with E-state index in [1.807, 2.05) is 25.1 Å². The second-order valence-corrected chi connectivity index (χ2v) is 5.18. The minimum Gasteiger partial charge on any atom is -0.465 e. The number of hydrogen-bond donors (Lipinski definition) is 0. The fourth-order valence-corrected chi connectivity index (χ4v) is 2.73. The van der Waals surface area contributed by atoms with Crippen LogP contribution in [0.4, 0.5) is 4.39 Å². The second kappa shape index (κ2) is 5.80. The molecule has 2 nitrogen and oxygen atoms in total. The van der Waals surface area contributed by atoms with Crippen molar-refractivity contribution in [2.24, 2.45) is 0 Å². The predicted molar refractivity (Wildman–Crippen MR) is 77.5 cm³/mol. The van der Waals surface area contributed by atoms with Crippen molar-refractivity contribution in [1.29, 1.82) is 0 Å². The van der Waals surface area contributed by atoms with Crippen LogP contribution in [-0.2, 0) is 11.2 Å². The Hall–Kier alpha value is -1.61. The van der Waals surface area contributed by atoms with Crippen molar-refractivity contribution in [3.63, 3.8) is 0 Å². The molecule has 3 rings (SSSR count). The van der Waals surface area contributed by atoms with Crippen LogP contribution in [0.1, 0.15) is 31.7 Å². The molecule has 1 fully saturated rings. The third-order valence-electron chi connectivity index (χ3n) is 3.80. The highest BCUT2D eigenvalue weighted by atomic mass is 19.1. The topological polar surface area (TPSA) is 18.5 Å². The van der Waals surface area contributed by atoms with Crippen molar-refractivity contribution in [2.45, 2.75) is 38.9 Å². The Labute approximate surface area is 118 Å². The summed E-state index contributed by atoms with van der Waals surface area (Å²) in [7, 11) is 0. The smallest absolute Gasteiger partial charge is 0.199 e. The SMILES string of the molecule is CCc1c(F)ccc2cc(OC3CCCCO3)ccc12. The Bertz CT molecular complexity index is 603. The highest BCUT2D eigenvalue weighted by molar-refractivity contribution is 5.87. The van der Waals surface area contributed by atoms with E-state index in [1.165, 1.54) is 6.07 Å². The Kier molecular flexibility index (Phi) is 3.88. The van der Waals surface area contributed by atoms with Crippen LogP contribution in [0, 0.1) is 5.82 Å². The summed E-state index contributed by atoms with van der Waals surface area (Å²) in [5, 5.41) is 1.97. The van der Waals surface area contributed by atoms with E-state index >= 15 is 0 Å². The molecular weight excluding hydrogens is 255 g/mol. The summed E-state index contributed by atoms with van der Waals surface area (Å²) in [5.41, 5.74) is 0.767. The second-order valence-electron chi connectivity index (χ2n) is 5.18. The van der Waals surface area contributed by atoms with Crippen LogP contribution in [0.15, 0.2) is 30.3 Å². The summed E-state index contributed by atoms with van der Waals surface area (Å²) in [6.07, 6.45) is 3.73. The molecule has 3 heteroatoms. The molecule has 1 heterocycles. The highest BCUT2D eigenvalue weighted by Gasteiger charge is 2.15.